The van der Waals surface area contributed by atoms with Gasteiger partial charge in [-0.1, -0.05) is 0 Å². The van der Waals surface area contributed by atoms with Gasteiger partial charge in [0.2, 0.25) is 0 Å². The molecule has 0 bridgehead atoms. The first-order valence-electron chi connectivity index (χ1n) is 2.45. The molecule has 1 aliphatic rings. The van der Waals surface area contributed by atoms with Gasteiger partial charge in [-0.05, 0) is 0 Å². The number of carbonyl (C=O) groups excluding carboxylic acids is 1. The zero-order valence-electron chi connectivity index (χ0n) is 4.36. The van der Waals surface area contributed by atoms with E-state index in [0.29, 0.717) is 0 Å². The standard InChI is InChI=1S/C4H7FN2O/c5-1-2-3(6)4(8)7-2/h2-3H,1,6H2,(H,7,8)/p+1/t2-,3+/m1/s1. The van der Waals surface area contributed by atoms with E-state index in [2.05, 4.69) is 11.1 Å². The van der Waals surface area contributed by atoms with Gasteiger partial charge in [0.1, 0.15) is 12.7 Å². The highest BCUT2D eigenvalue weighted by atomic mass is 19.1. The molecule has 0 aliphatic carbocycles. The fraction of sp³-hybridized carbons (Fsp3) is 0.750. The minimum Gasteiger partial charge on any atom is -0.346 e. The zero-order valence-corrected chi connectivity index (χ0v) is 4.36. The number of hydrogen-bond acceptors (Lipinski definition) is 1. The molecule has 2 atom stereocenters. The van der Waals surface area contributed by atoms with E-state index in [1.807, 2.05) is 0 Å². The van der Waals surface area contributed by atoms with E-state index >= 15 is 0 Å². The van der Waals surface area contributed by atoms with Crippen LogP contribution in [0.15, 0.2) is 0 Å². The summed E-state index contributed by atoms with van der Waals surface area (Å²) >= 11 is 0. The molecule has 0 aromatic rings. The fourth-order valence-corrected chi connectivity index (χ4v) is 0.623. The Labute approximate surface area is 46.0 Å². The number of halogens is 1. The van der Waals surface area contributed by atoms with Crippen LogP contribution in [0.4, 0.5) is 4.39 Å². The van der Waals surface area contributed by atoms with Crippen molar-refractivity contribution in [2.75, 3.05) is 6.67 Å². The number of quaternary nitrogens is 1. The van der Waals surface area contributed by atoms with Crippen LogP contribution in [0.25, 0.3) is 0 Å². The summed E-state index contributed by atoms with van der Waals surface area (Å²) in [5, 5.41) is 2.37. The number of nitrogens with one attached hydrogen (secondary N) is 1. The largest absolute Gasteiger partial charge is 0.346 e. The highest BCUT2D eigenvalue weighted by Crippen LogP contribution is 2.00. The third kappa shape index (κ3) is 0.571. The molecule has 8 heavy (non-hydrogen) atoms. The van der Waals surface area contributed by atoms with Gasteiger partial charge in [-0.25, -0.2) is 4.39 Å². The number of β-lactam (4-membered cyclic amide) rings is 1. The van der Waals surface area contributed by atoms with Gasteiger partial charge in [0.15, 0.2) is 6.04 Å². The topological polar surface area (TPSA) is 56.7 Å². The van der Waals surface area contributed by atoms with Crippen LogP contribution in [-0.4, -0.2) is 24.7 Å². The quantitative estimate of drug-likeness (QED) is 0.388. The van der Waals surface area contributed by atoms with Crippen LogP contribution in [0.2, 0.25) is 0 Å². The highest BCUT2D eigenvalue weighted by Gasteiger charge is 2.39. The van der Waals surface area contributed by atoms with Crippen LogP contribution in [0, 0.1) is 0 Å². The third-order valence-electron chi connectivity index (χ3n) is 1.32. The molecule has 4 N–H and O–H groups in total. The Hall–Kier alpha value is -0.640. The second-order valence-electron chi connectivity index (χ2n) is 1.88. The summed E-state index contributed by atoms with van der Waals surface area (Å²) in [6, 6.07) is -0.678. The molecule has 1 fully saturated rings. The predicted octanol–water partition coefficient (Wildman–Crippen LogP) is -1.94. The Morgan fingerprint density at radius 1 is 1.88 bits per heavy atom. The van der Waals surface area contributed by atoms with Crippen molar-refractivity contribution in [2.45, 2.75) is 12.1 Å². The van der Waals surface area contributed by atoms with E-state index in [9.17, 15) is 9.18 Å². The first kappa shape index (κ1) is 5.50. The first-order valence-corrected chi connectivity index (χ1v) is 2.45. The van der Waals surface area contributed by atoms with Gasteiger partial charge >= 0.3 is 0 Å². The third-order valence-corrected chi connectivity index (χ3v) is 1.32. The normalized spacial score (nSPS) is 36.0. The van der Waals surface area contributed by atoms with E-state index in [0.717, 1.165) is 0 Å². The molecule has 0 radical (unpaired) electrons. The van der Waals surface area contributed by atoms with E-state index < -0.39 is 6.67 Å². The van der Waals surface area contributed by atoms with Gasteiger partial charge < -0.3 is 11.1 Å². The minimum absolute atomic E-state index is 0.146. The molecular weight excluding hydrogens is 111 g/mol. The maximum absolute atomic E-state index is 11.6. The van der Waals surface area contributed by atoms with Crippen LogP contribution >= 0.6 is 0 Å². The molecule has 0 saturated carbocycles. The molecule has 1 heterocycles. The van der Waals surface area contributed by atoms with Gasteiger partial charge in [0.05, 0.1) is 0 Å². The van der Waals surface area contributed by atoms with Crippen LogP contribution in [0.1, 0.15) is 0 Å². The van der Waals surface area contributed by atoms with Crippen molar-refractivity contribution < 1.29 is 14.9 Å². The molecule has 0 spiro atoms. The van der Waals surface area contributed by atoms with E-state index in [1.165, 1.54) is 0 Å². The van der Waals surface area contributed by atoms with E-state index in [4.69, 9.17) is 0 Å². The van der Waals surface area contributed by atoms with Crippen molar-refractivity contribution in [1.82, 2.24) is 5.32 Å². The fourth-order valence-electron chi connectivity index (χ4n) is 0.623. The monoisotopic (exact) mass is 119 g/mol. The maximum Gasteiger partial charge on any atom is 0.281 e. The second-order valence-corrected chi connectivity index (χ2v) is 1.88. The molecule has 46 valence electrons. The summed E-state index contributed by atoms with van der Waals surface area (Å²) in [6.45, 7) is -0.500. The molecule has 1 saturated heterocycles. The average Bonchev–Trinajstić information content (AvgIpc) is 1.81. The van der Waals surface area contributed by atoms with Crippen LogP contribution < -0.4 is 11.1 Å². The average molecular weight is 119 g/mol. The number of carbonyl (C=O) groups is 1. The van der Waals surface area contributed by atoms with Crippen molar-refractivity contribution >= 4 is 5.91 Å². The van der Waals surface area contributed by atoms with Gasteiger partial charge in [-0.3, -0.25) is 4.79 Å². The number of rotatable bonds is 1. The Morgan fingerprint density at radius 3 is 2.62 bits per heavy atom. The van der Waals surface area contributed by atoms with Crippen molar-refractivity contribution in [3.8, 4) is 0 Å². The Kier molecular flexibility index (Phi) is 1.17. The molecule has 3 nitrogen and oxygen atoms in total. The number of amides is 1. The minimum atomic E-state index is -0.500. The smallest absolute Gasteiger partial charge is 0.281 e. The van der Waals surface area contributed by atoms with Crippen LogP contribution in [-0.2, 0) is 4.79 Å². The van der Waals surface area contributed by atoms with Crippen LogP contribution in [0.5, 0.6) is 0 Å². The Morgan fingerprint density at radius 2 is 2.50 bits per heavy atom. The lowest BCUT2D eigenvalue weighted by Crippen LogP contribution is -2.83. The van der Waals surface area contributed by atoms with Gasteiger partial charge in [-0.2, -0.15) is 0 Å². The Balaban J connectivity index is 2.35. The summed E-state index contributed by atoms with van der Waals surface area (Å²) in [5.74, 6) is -0.146. The summed E-state index contributed by atoms with van der Waals surface area (Å²) in [5.41, 5.74) is 3.42. The lowest BCUT2D eigenvalue weighted by molar-refractivity contribution is -0.421. The predicted molar refractivity (Wildman–Crippen MR) is 24.6 cm³/mol. The summed E-state index contributed by atoms with van der Waals surface area (Å²) in [4.78, 5) is 10.3. The van der Waals surface area contributed by atoms with Crippen molar-refractivity contribution in [1.29, 1.82) is 0 Å². The summed E-state index contributed by atoms with van der Waals surface area (Å²) in [6.07, 6.45) is 0. The van der Waals surface area contributed by atoms with Crippen molar-refractivity contribution in [2.24, 2.45) is 0 Å². The summed E-state index contributed by atoms with van der Waals surface area (Å²) in [7, 11) is 0. The number of alkyl halides is 1. The lowest BCUT2D eigenvalue weighted by atomic mass is 10.0. The van der Waals surface area contributed by atoms with Crippen molar-refractivity contribution in [3.63, 3.8) is 0 Å². The molecule has 1 aliphatic heterocycles. The maximum atomic E-state index is 11.6. The second kappa shape index (κ2) is 1.70. The van der Waals surface area contributed by atoms with Crippen molar-refractivity contribution in [3.05, 3.63) is 0 Å². The SMILES string of the molecule is [NH3+][C@@H]1C(=O)N[C@@H]1CF. The van der Waals surface area contributed by atoms with Gasteiger partial charge in [0, 0.05) is 0 Å². The van der Waals surface area contributed by atoms with E-state index in [1.54, 1.807) is 0 Å². The first-order chi connectivity index (χ1) is 3.75. The molecule has 0 aromatic heterocycles. The molecular formula is C4H8FN2O+. The molecule has 1 rings (SSSR count). The summed E-state index contributed by atoms with van der Waals surface area (Å²) < 4.78 is 11.6. The molecule has 1 amide bonds. The molecule has 0 unspecified atom stereocenters. The van der Waals surface area contributed by atoms with Gasteiger partial charge in [0.25, 0.3) is 5.91 Å². The molecule has 0 aromatic carbocycles. The van der Waals surface area contributed by atoms with E-state index in [-0.39, 0.29) is 18.0 Å². The molecule has 4 heteroatoms. The van der Waals surface area contributed by atoms with Crippen LogP contribution in [0.3, 0.4) is 0 Å². The Bertz CT molecular complexity index is 117. The number of hydrogen-bond donors (Lipinski definition) is 2. The zero-order chi connectivity index (χ0) is 6.15. The lowest BCUT2D eigenvalue weighted by Gasteiger charge is -2.27. The van der Waals surface area contributed by atoms with Gasteiger partial charge in [-0.15, -0.1) is 0 Å². The highest BCUT2D eigenvalue weighted by molar-refractivity contribution is 5.87.